The lowest BCUT2D eigenvalue weighted by Gasteiger charge is -2.14. The fourth-order valence-electron chi connectivity index (χ4n) is 4.00. The molecule has 0 atom stereocenters. The Balaban J connectivity index is 1.74. The van der Waals surface area contributed by atoms with Crippen molar-refractivity contribution in [1.29, 1.82) is 0 Å². The van der Waals surface area contributed by atoms with Crippen LogP contribution in [0.4, 0.5) is 4.39 Å². The van der Waals surface area contributed by atoms with Gasteiger partial charge in [0, 0.05) is 42.4 Å². The zero-order valence-electron chi connectivity index (χ0n) is 17.8. The number of ether oxygens (including phenoxy) is 1. The maximum atomic E-state index is 15.0. The molecule has 0 bridgehead atoms. The summed E-state index contributed by atoms with van der Waals surface area (Å²) in [7, 11) is 3.23. The SMILES string of the molecule is CCn1cnc2c(-c3ccc(F)c(-c4cc5ccc(=O)n(C)c5cc4OC)c3)cnnc21. The second-order valence-electron chi connectivity index (χ2n) is 7.50. The van der Waals surface area contributed by atoms with Gasteiger partial charge in [-0.15, -0.1) is 5.10 Å². The monoisotopic (exact) mass is 429 g/mol. The van der Waals surface area contributed by atoms with Crippen molar-refractivity contribution in [2.75, 3.05) is 7.11 Å². The number of hydrogen-bond donors (Lipinski definition) is 0. The minimum atomic E-state index is -0.381. The van der Waals surface area contributed by atoms with Gasteiger partial charge in [-0.05, 0) is 42.1 Å². The zero-order valence-corrected chi connectivity index (χ0v) is 17.8. The summed E-state index contributed by atoms with van der Waals surface area (Å²) in [5.41, 5.74) is 4.49. The number of pyridine rings is 1. The summed E-state index contributed by atoms with van der Waals surface area (Å²) in [6.45, 7) is 2.73. The molecule has 2 aromatic carbocycles. The lowest BCUT2D eigenvalue weighted by atomic mass is 9.97. The van der Waals surface area contributed by atoms with Gasteiger partial charge in [0.2, 0.25) is 0 Å². The number of aromatic nitrogens is 5. The van der Waals surface area contributed by atoms with E-state index in [4.69, 9.17) is 4.74 Å². The summed E-state index contributed by atoms with van der Waals surface area (Å²) in [6.07, 6.45) is 3.36. The largest absolute Gasteiger partial charge is 0.496 e. The van der Waals surface area contributed by atoms with E-state index in [9.17, 15) is 4.79 Å². The fraction of sp³-hybridized carbons (Fsp3) is 0.167. The van der Waals surface area contributed by atoms with Gasteiger partial charge in [-0.3, -0.25) is 4.79 Å². The molecule has 5 rings (SSSR count). The molecule has 160 valence electrons. The van der Waals surface area contributed by atoms with Crippen molar-refractivity contribution >= 4 is 22.1 Å². The van der Waals surface area contributed by atoms with E-state index in [1.165, 1.54) is 23.8 Å². The van der Waals surface area contributed by atoms with Crippen LogP contribution in [0.1, 0.15) is 6.92 Å². The molecule has 0 saturated heterocycles. The molecule has 0 radical (unpaired) electrons. The van der Waals surface area contributed by atoms with Gasteiger partial charge in [-0.25, -0.2) is 9.37 Å². The van der Waals surface area contributed by atoms with Crippen LogP contribution in [0.3, 0.4) is 0 Å². The van der Waals surface area contributed by atoms with Crippen LogP contribution in [0.2, 0.25) is 0 Å². The van der Waals surface area contributed by atoms with Gasteiger partial charge in [-0.1, -0.05) is 6.07 Å². The molecule has 3 heterocycles. The van der Waals surface area contributed by atoms with Crippen molar-refractivity contribution in [1.82, 2.24) is 24.3 Å². The topological polar surface area (TPSA) is 74.8 Å². The third-order valence-electron chi connectivity index (χ3n) is 5.76. The molecule has 0 N–H and O–H groups in total. The Morgan fingerprint density at radius 3 is 2.69 bits per heavy atom. The lowest BCUT2D eigenvalue weighted by molar-refractivity contribution is 0.416. The number of aryl methyl sites for hydroxylation is 2. The molecular formula is C24H20FN5O2. The van der Waals surface area contributed by atoms with Crippen molar-refractivity contribution in [3.05, 3.63) is 71.2 Å². The molecule has 3 aromatic heterocycles. The smallest absolute Gasteiger partial charge is 0.250 e. The van der Waals surface area contributed by atoms with E-state index < -0.39 is 0 Å². The van der Waals surface area contributed by atoms with Crippen LogP contribution in [-0.4, -0.2) is 31.4 Å². The third-order valence-corrected chi connectivity index (χ3v) is 5.76. The second-order valence-corrected chi connectivity index (χ2v) is 7.50. The van der Waals surface area contributed by atoms with Gasteiger partial charge in [-0.2, -0.15) is 5.10 Å². The number of hydrogen-bond acceptors (Lipinski definition) is 5. The van der Waals surface area contributed by atoms with Crippen LogP contribution < -0.4 is 10.3 Å². The third kappa shape index (κ3) is 3.03. The number of imidazole rings is 1. The van der Waals surface area contributed by atoms with Crippen molar-refractivity contribution in [2.45, 2.75) is 13.5 Å². The van der Waals surface area contributed by atoms with Crippen LogP contribution in [0.5, 0.6) is 5.75 Å². The highest BCUT2D eigenvalue weighted by Crippen LogP contribution is 2.38. The van der Waals surface area contributed by atoms with E-state index in [2.05, 4.69) is 15.2 Å². The van der Waals surface area contributed by atoms with E-state index in [0.29, 0.717) is 33.6 Å². The van der Waals surface area contributed by atoms with Crippen LogP contribution in [0, 0.1) is 5.82 Å². The first-order chi connectivity index (χ1) is 15.5. The number of rotatable bonds is 4. The van der Waals surface area contributed by atoms with Gasteiger partial charge in [0.15, 0.2) is 5.65 Å². The summed E-state index contributed by atoms with van der Waals surface area (Å²) in [5, 5.41) is 9.14. The standard InChI is InChI=1S/C24H20FN5O2/c1-4-30-13-26-23-18(12-27-28-24(23)30)14-5-7-19(25)16(9-14)17-10-15-6-8-22(31)29(2)20(15)11-21(17)32-3/h5-13H,4H2,1-3H3. The Morgan fingerprint density at radius 2 is 1.91 bits per heavy atom. The number of nitrogens with zero attached hydrogens (tertiary/aromatic N) is 5. The maximum Gasteiger partial charge on any atom is 0.250 e. The summed E-state index contributed by atoms with van der Waals surface area (Å²) >= 11 is 0. The van der Waals surface area contributed by atoms with Crippen molar-refractivity contribution < 1.29 is 9.13 Å². The number of methoxy groups -OCH3 is 1. The number of fused-ring (bicyclic) bond motifs is 2. The van der Waals surface area contributed by atoms with Crippen molar-refractivity contribution in [3.63, 3.8) is 0 Å². The fourth-order valence-corrected chi connectivity index (χ4v) is 4.00. The molecule has 0 aliphatic carbocycles. The molecule has 5 aromatic rings. The highest BCUT2D eigenvalue weighted by molar-refractivity contribution is 5.92. The lowest BCUT2D eigenvalue weighted by Crippen LogP contribution is -2.15. The molecule has 0 amide bonds. The first kappa shape index (κ1) is 19.9. The predicted molar refractivity (Wildman–Crippen MR) is 121 cm³/mol. The molecule has 32 heavy (non-hydrogen) atoms. The first-order valence-electron chi connectivity index (χ1n) is 10.2. The zero-order chi connectivity index (χ0) is 22.4. The highest BCUT2D eigenvalue weighted by Gasteiger charge is 2.17. The Labute approximate surface area is 182 Å². The van der Waals surface area contributed by atoms with Crippen LogP contribution >= 0.6 is 0 Å². The van der Waals surface area contributed by atoms with Crippen molar-refractivity contribution in [2.24, 2.45) is 7.05 Å². The van der Waals surface area contributed by atoms with Gasteiger partial charge in [0.25, 0.3) is 5.56 Å². The maximum absolute atomic E-state index is 15.0. The molecule has 0 fully saturated rings. The van der Waals surface area contributed by atoms with Gasteiger partial charge < -0.3 is 13.9 Å². The minimum absolute atomic E-state index is 0.124. The first-order valence-corrected chi connectivity index (χ1v) is 10.2. The Hall–Kier alpha value is -4.07. The molecule has 0 saturated carbocycles. The predicted octanol–water partition coefficient (Wildman–Crippen LogP) is 4.18. The van der Waals surface area contributed by atoms with E-state index >= 15 is 4.39 Å². The number of benzene rings is 2. The van der Waals surface area contributed by atoms with Crippen LogP contribution in [0.15, 0.2) is 59.8 Å². The van der Waals surface area contributed by atoms with E-state index in [1.54, 1.807) is 43.8 Å². The Bertz CT molecular complexity index is 1550. The van der Waals surface area contributed by atoms with E-state index in [1.807, 2.05) is 17.6 Å². The number of halogens is 1. The molecule has 0 unspecified atom stereocenters. The molecule has 8 heteroatoms. The molecular weight excluding hydrogens is 409 g/mol. The average molecular weight is 429 g/mol. The van der Waals surface area contributed by atoms with Gasteiger partial charge in [0.05, 0.1) is 25.2 Å². The van der Waals surface area contributed by atoms with Crippen LogP contribution in [0.25, 0.3) is 44.3 Å². The summed E-state index contributed by atoms with van der Waals surface area (Å²) in [5.74, 6) is 0.0941. The summed E-state index contributed by atoms with van der Waals surface area (Å²) in [6, 6.07) is 11.7. The molecule has 0 aliphatic heterocycles. The van der Waals surface area contributed by atoms with Crippen LogP contribution in [-0.2, 0) is 13.6 Å². The second kappa shape index (κ2) is 7.56. The van der Waals surface area contributed by atoms with Gasteiger partial charge >= 0.3 is 0 Å². The average Bonchev–Trinajstić information content (AvgIpc) is 3.25. The molecule has 0 aliphatic rings. The van der Waals surface area contributed by atoms with E-state index in [-0.39, 0.29) is 11.4 Å². The molecule has 7 nitrogen and oxygen atoms in total. The van der Waals surface area contributed by atoms with E-state index in [0.717, 1.165) is 23.1 Å². The highest BCUT2D eigenvalue weighted by atomic mass is 19.1. The Morgan fingerprint density at radius 1 is 1.06 bits per heavy atom. The summed E-state index contributed by atoms with van der Waals surface area (Å²) < 4.78 is 24.1. The quantitative estimate of drug-likeness (QED) is 0.428. The van der Waals surface area contributed by atoms with Crippen molar-refractivity contribution in [3.8, 4) is 28.0 Å². The minimum Gasteiger partial charge on any atom is -0.496 e. The molecule has 0 spiro atoms. The normalized spacial score (nSPS) is 11.4. The summed E-state index contributed by atoms with van der Waals surface area (Å²) in [4.78, 5) is 16.5. The van der Waals surface area contributed by atoms with Gasteiger partial charge in [0.1, 0.15) is 17.1 Å². The Kier molecular flexibility index (Phi) is 4.70.